The second-order valence-corrected chi connectivity index (χ2v) is 7.85. The van der Waals surface area contributed by atoms with Gasteiger partial charge in [0.25, 0.3) is 0 Å². The molecule has 0 saturated heterocycles. The SMILES string of the molecule is CCN(C1CCCC1CN)S(=O)(=O)c1ccccc1Br. The predicted octanol–water partition coefficient (Wildman–Crippen LogP) is 2.59. The normalized spacial score (nSPS) is 23.4. The highest BCUT2D eigenvalue weighted by Crippen LogP contribution is 2.34. The van der Waals surface area contributed by atoms with Gasteiger partial charge in [-0.1, -0.05) is 25.5 Å². The second-order valence-electron chi connectivity index (χ2n) is 5.13. The zero-order valence-corrected chi connectivity index (χ0v) is 14.0. The molecule has 0 heterocycles. The first kappa shape index (κ1) is 15.9. The fraction of sp³-hybridized carbons (Fsp3) is 0.571. The van der Waals surface area contributed by atoms with Crippen LogP contribution in [-0.2, 0) is 10.0 Å². The van der Waals surface area contributed by atoms with Crippen molar-refractivity contribution in [1.29, 1.82) is 0 Å². The van der Waals surface area contributed by atoms with E-state index in [4.69, 9.17) is 5.73 Å². The van der Waals surface area contributed by atoms with Crippen LogP contribution in [0.2, 0.25) is 0 Å². The molecular weight excluding hydrogens is 340 g/mol. The predicted molar refractivity (Wildman–Crippen MR) is 83.9 cm³/mol. The van der Waals surface area contributed by atoms with Gasteiger partial charge in [0, 0.05) is 17.1 Å². The molecule has 2 unspecified atom stereocenters. The van der Waals surface area contributed by atoms with Gasteiger partial charge < -0.3 is 5.73 Å². The molecule has 1 aromatic rings. The molecule has 6 heteroatoms. The minimum atomic E-state index is -3.48. The molecule has 0 aliphatic heterocycles. The van der Waals surface area contributed by atoms with E-state index in [1.54, 1.807) is 22.5 Å². The van der Waals surface area contributed by atoms with E-state index >= 15 is 0 Å². The van der Waals surface area contributed by atoms with Crippen LogP contribution in [-0.4, -0.2) is 31.9 Å². The van der Waals surface area contributed by atoms with Gasteiger partial charge in [0.1, 0.15) is 0 Å². The molecule has 2 atom stereocenters. The maximum atomic E-state index is 12.9. The number of hydrogen-bond donors (Lipinski definition) is 1. The van der Waals surface area contributed by atoms with E-state index in [-0.39, 0.29) is 12.0 Å². The highest BCUT2D eigenvalue weighted by atomic mass is 79.9. The van der Waals surface area contributed by atoms with Crippen LogP contribution in [0, 0.1) is 5.92 Å². The topological polar surface area (TPSA) is 63.4 Å². The third-order valence-corrected chi connectivity index (χ3v) is 7.04. The van der Waals surface area contributed by atoms with Crippen LogP contribution in [0.5, 0.6) is 0 Å². The maximum absolute atomic E-state index is 12.9. The molecule has 0 spiro atoms. The Kier molecular flexibility index (Phi) is 5.23. The Morgan fingerprint density at radius 2 is 2.05 bits per heavy atom. The molecule has 0 aromatic heterocycles. The van der Waals surface area contributed by atoms with Crippen molar-refractivity contribution in [2.45, 2.75) is 37.1 Å². The molecule has 0 amide bonds. The summed E-state index contributed by atoms with van der Waals surface area (Å²) in [5.74, 6) is 0.271. The van der Waals surface area contributed by atoms with Gasteiger partial charge in [0.2, 0.25) is 10.0 Å². The monoisotopic (exact) mass is 360 g/mol. The van der Waals surface area contributed by atoms with E-state index < -0.39 is 10.0 Å². The van der Waals surface area contributed by atoms with Crippen molar-refractivity contribution in [3.05, 3.63) is 28.7 Å². The molecule has 1 aromatic carbocycles. The lowest BCUT2D eigenvalue weighted by molar-refractivity contribution is 0.276. The number of hydrogen-bond acceptors (Lipinski definition) is 3. The molecule has 1 aliphatic carbocycles. The summed E-state index contributed by atoms with van der Waals surface area (Å²) in [6.07, 6.45) is 2.97. The molecule has 2 N–H and O–H groups in total. The summed E-state index contributed by atoms with van der Waals surface area (Å²) in [6.45, 7) is 2.91. The first-order valence-corrected chi connectivity index (χ1v) is 9.22. The van der Waals surface area contributed by atoms with Gasteiger partial charge in [0.15, 0.2) is 0 Å². The van der Waals surface area contributed by atoms with Gasteiger partial charge >= 0.3 is 0 Å². The van der Waals surface area contributed by atoms with Crippen molar-refractivity contribution >= 4 is 26.0 Å². The molecule has 1 aliphatic rings. The van der Waals surface area contributed by atoms with Gasteiger partial charge in [-0.05, 0) is 53.4 Å². The van der Waals surface area contributed by atoms with Crippen LogP contribution in [0.25, 0.3) is 0 Å². The number of rotatable bonds is 5. The summed E-state index contributed by atoms with van der Waals surface area (Å²) in [5, 5.41) is 0. The lowest BCUT2D eigenvalue weighted by Crippen LogP contribution is -2.44. The fourth-order valence-electron chi connectivity index (χ4n) is 3.03. The minimum Gasteiger partial charge on any atom is -0.330 e. The van der Waals surface area contributed by atoms with Gasteiger partial charge in [-0.15, -0.1) is 0 Å². The van der Waals surface area contributed by atoms with Crippen LogP contribution >= 0.6 is 15.9 Å². The summed E-state index contributed by atoms with van der Waals surface area (Å²) in [5.41, 5.74) is 5.80. The minimum absolute atomic E-state index is 0.0297. The summed E-state index contributed by atoms with van der Waals surface area (Å²) in [6, 6.07) is 7.00. The van der Waals surface area contributed by atoms with Crippen LogP contribution in [0.1, 0.15) is 26.2 Å². The third kappa shape index (κ3) is 2.93. The van der Waals surface area contributed by atoms with E-state index in [0.29, 0.717) is 22.5 Å². The fourth-order valence-corrected chi connectivity index (χ4v) is 5.72. The lowest BCUT2D eigenvalue weighted by Gasteiger charge is -2.31. The molecule has 112 valence electrons. The van der Waals surface area contributed by atoms with Crippen molar-refractivity contribution in [1.82, 2.24) is 4.31 Å². The van der Waals surface area contributed by atoms with Crippen LogP contribution in [0.4, 0.5) is 0 Å². The Hall–Kier alpha value is -0.430. The number of benzene rings is 1. The number of nitrogens with zero attached hydrogens (tertiary/aromatic N) is 1. The van der Waals surface area contributed by atoms with Crippen LogP contribution in [0.3, 0.4) is 0 Å². The van der Waals surface area contributed by atoms with Crippen molar-refractivity contribution in [2.24, 2.45) is 11.7 Å². The van der Waals surface area contributed by atoms with Crippen molar-refractivity contribution in [3.63, 3.8) is 0 Å². The second kappa shape index (κ2) is 6.56. The maximum Gasteiger partial charge on any atom is 0.244 e. The Morgan fingerprint density at radius 1 is 1.35 bits per heavy atom. The molecule has 2 rings (SSSR count). The van der Waals surface area contributed by atoms with Gasteiger partial charge in [-0.25, -0.2) is 8.42 Å². The van der Waals surface area contributed by atoms with Crippen LogP contribution in [0.15, 0.2) is 33.6 Å². The number of halogens is 1. The molecule has 1 fully saturated rings. The van der Waals surface area contributed by atoms with Crippen molar-refractivity contribution in [2.75, 3.05) is 13.1 Å². The molecule has 1 saturated carbocycles. The van der Waals surface area contributed by atoms with E-state index in [2.05, 4.69) is 15.9 Å². The highest BCUT2D eigenvalue weighted by molar-refractivity contribution is 9.10. The first-order chi connectivity index (χ1) is 9.52. The number of nitrogens with two attached hydrogens (primary N) is 1. The molecule has 20 heavy (non-hydrogen) atoms. The standard InChI is InChI=1S/C14H21BrN2O2S/c1-2-17(13-8-5-6-11(13)10-16)20(18,19)14-9-4-3-7-12(14)15/h3-4,7,9,11,13H,2,5-6,8,10,16H2,1H3. The average Bonchev–Trinajstić information content (AvgIpc) is 2.87. The third-order valence-electron chi connectivity index (χ3n) is 4.03. The molecular formula is C14H21BrN2O2S. The summed E-state index contributed by atoms with van der Waals surface area (Å²) >= 11 is 3.34. The Bertz CT molecular complexity index is 562. The van der Waals surface area contributed by atoms with Gasteiger partial charge in [-0.2, -0.15) is 4.31 Å². The van der Waals surface area contributed by atoms with E-state index in [0.717, 1.165) is 19.3 Å². The van der Waals surface area contributed by atoms with E-state index in [1.165, 1.54) is 0 Å². The van der Waals surface area contributed by atoms with E-state index in [1.807, 2.05) is 13.0 Å². The smallest absolute Gasteiger partial charge is 0.244 e. The Morgan fingerprint density at radius 3 is 2.65 bits per heavy atom. The number of sulfonamides is 1. The van der Waals surface area contributed by atoms with Gasteiger partial charge in [-0.3, -0.25) is 0 Å². The zero-order chi connectivity index (χ0) is 14.8. The summed E-state index contributed by atoms with van der Waals surface area (Å²) in [4.78, 5) is 0.338. The van der Waals surface area contributed by atoms with Gasteiger partial charge in [0.05, 0.1) is 4.90 Å². The Labute approximate surface area is 129 Å². The van der Waals surface area contributed by atoms with Crippen molar-refractivity contribution in [3.8, 4) is 0 Å². The first-order valence-electron chi connectivity index (χ1n) is 6.98. The summed E-state index contributed by atoms with van der Waals surface area (Å²) in [7, 11) is -3.48. The molecule has 4 nitrogen and oxygen atoms in total. The largest absolute Gasteiger partial charge is 0.330 e. The zero-order valence-electron chi connectivity index (χ0n) is 11.6. The highest BCUT2D eigenvalue weighted by Gasteiger charge is 2.37. The average molecular weight is 361 g/mol. The van der Waals surface area contributed by atoms with Crippen molar-refractivity contribution < 1.29 is 8.42 Å². The van der Waals surface area contributed by atoms with E-state index in [9.17, 15) is 8.42 Å². The molecule has 0 radical (unpaired) electrons. The quantitative estimate of drug-likeness (QED) is 0.877. The summed E-state index contributed by atoms with van der Waals surface area (Å²) < 4.78 is 28.0. The lowest BCUT2D eigenvalue weighted by atomic mass is 10.0. The van der Waals surface area contributed by atoms with Crippen LogP contribution < -0.4 is 5.73 Å². The molecule has 0 bridgehead atoms. The Balaban J connectivity index is 2.38.